The molecular formula is C13H6BrF4NO. The summed E-state index contributed by atoms with van der Waals surface area (Å²) in [6, 6.07) is 4.66. The Kier molecular flexibility index (Phi) is 4.08. The van der Waals surface area contributed by atoms with E-state index in [2.05, 4.69) is 21.2 Å². The molecule has 0 aliphatic rings. The second-order valence-corrected chi connectivity index (χ2v) is 4.69. The molecule has 7 heteroatoms. The molecule has 0 saturated carbocycles. The van der Waals surface area contributed by atoms with Crippen molar-refractivity contribution < 1.29 is 22.4 Å². The zero-order chi connectivity index (χ0) is 14.9. The molecule has 2 aromatic rings. The molecule has 1 amide bonds. The Morgan fingerprint density at radius 1 is 1.00 bits per heavy atom. The molecule has 0 aliphatic heterocycles. The van der Waals surface area contributed by atoms with E-state index in [1.165, 1.54) is 6.07 Å². The summed E-state index contributed by atoms with van der Waals surface area (Å²) in [5, 5.41) is 2.15. The summed E-state index contributed by atoms with van der Waals surface area (Å²) in [4.78, 5) is 11.8. The highest BCUT2D eigenvalue weighted by atomic mass is 79.9. The predicted octanol–water partition coefficient (Wildman–Crippen LogP) is 4.26. The lowest BCUT2D eigenvalue weighted by Crippen LogP contribution is -2.13. The van der Waals surface area contributed by atoms with Gasteiger partial charge in [0, 0.05) is 22.3 Å². The van der Waals surface area contributed by atoms with E-state index in [9.17, 15) is 22.4 Å². The third-order valence-electron chi connectivity index (χ3n) is 2.41. The fourth-order valence-corrected chi connectivity index (χ4v) is 1.92. The highest BCUT2D eigenvalue weighted by molar-refractivity contribution is 9.10. The first kappa shape index (κ1) is 14.5. The normalized spacial score (nSPS) is 10.4. The van der Waals surface area contributed by atoms with Gasteiger partial charge in [0.05, 0.1) is 5.56 Å². The standard InChI is InChI=1S/C13H6BrF4NO/c14-9-2-1-6(15)3-8(9)13(20)19-7-4-10(16)12(18)11(17)5-7/h1-5H,(H,19,20). The maximum Gasteiger partial charge on any atom is 0.256 e. The van der Waals surface area contributed by atoms with Crippen LogP contribution in [0.4, 0.5) is 23.2 Å². The number of carbonyl (C=O) groups is 1. The molecule has 0 fully saturated rings. The fraction of sp³-hybridized carbons (Fsp3) is 0. The van der Waals surface area contributed by atoms with Crippen LogP contribution in [0, 0.1) is 23.3 Å². The zero-order valence-electron chi connectivity index (χ0n) is 9.68. The topological polar surface area (TPSA) is 29.1 Å². The van der Waals surface area contributed by atoms with Gasteiger partial charge in [-0.15, -0.1) is 0 Å². The lowest BCUT2D eigenvalue weighted by molar-refractivity contribution is 0.102. The van der Waals surface area contributed by atoms with E-state index >= 15 is 0 Å². The van der Waals surface area contributed by atoms with Crippen LogP contribution in [0.5, 0.6) is 0 Å². The third kappa shape index (κ3) is 2.98. The highest BCUT2D eigenvalue weighted by Gasteiger charge is 2.15. The van der Waals surface area contributed by atoms with Gasteiger partial charge in [0.2, 0.25) is 0 Å². The van der Waals surface area contributed by atoms with Gasteiger partial charge in [0.25, 0.3) is 5.91 Å². The Hall–Kier alpha value is -1.89. The van der Waals surface area contributed by atoms with Gasteiger partial charge in [-0.05, 0) is 34.1 Å². The molecule has 2 aromatic carbocycles. The van der Waals surface area contributed by atoms with Crippen molar-refractivity contribution >= 4 is 27.5 Å². The number of nitrogens with one attached hydrogen (secondary N) is 1. The zero-order valence-corrected chi connectivity index (χ0v) is 11.3. The summed E-state index contributed by atoms with van der Waals surface area (Å²) in [5.74, 6) is -5.93. The number of hydrogen-bond acceptors (Lipinski definition) is 1. The number of halogens is 5. The molecule has 0 aliphatic carbocycles. The lowest BCUT2D eigenvalue weighted by Gasteiger charge is -2.08. The van der Waals surface area contributed by atoms with E-state index in [1.54, 1.807) is 0 Å². The van der Waals surface area contributed by atoms with Crippen molar-refractivity contribution in [2.45, 2.75) is 0 Å². The molecule has 1 N–H and O–H groups in total. The SMILES string of the molecule is O=C(Nc1cc(F)c(F)c(F)c1)c1cc(F)ccc1Br. The van der Waals surface area contributed by atoms with Gasteiger partial charge >= 0.3 is 0 Å². The lowest BCUT2D eigenvalue weighted by atomic mass is 10.2. The van der Waals surface area contributed by atoms with Crippen molar-refractivity contribution in [2.75, 3.05) is 5.32 Å². The minimum absolute atomic E-state index is 0.0601. The van der Waals surface area contributed by atoms with E-state index < -0.39 is 29.2 Å². The molecule has 0 saturated heterocycles. The van der Waals surface area contributed by atoms with Crippen molar-refractivity contribution in [2.24, 2.45) is 0 Å². The molecule has 0 spiro atoms. The second kappa shape index (κ2) is 5.62. The molecule has 0 heterocycles. The van der Waals surface area contributed by atoms with Crippen LogP contribution >= 0.6 is 15.9 Å². The van der Waals surface area contributed by atoms with Crippen molar-refractivity contribution in [3.8, 4) is 0 Å². The van der Waals surface area contributed by atoms with Crippen LogP contribution < -0.4 is 5.32 Å². The van der Waals surface area contributed by atoms with Crippen LogP contribution in [0.15, 0.2) is 34.8 Å². The summed E-state index contributed by atoms with van der Waals surface area (Å²) < 4.78 is 52.1. The number of benzene rings is 2. The van der Waals surface area contributed by atoms with Gasteiger partial charge in [-0.1, -0.05) is 0 Å². The van der Waals surface area contributed by atoms with Crippen molar-refractivity contribution in [3.63, 3.8) is 0 Å². The molecule has 0 bridgehead atoms. The molecule has 20 heavy (non-hydrogen) atoms. The van der Waals surface area contributed by atoms with E-state index in [1.807, 2.05) is 0 Å². The van der Waals surface area contributed by atoms with Gasteiger partial charge in [0.1, 0.15) is 5.82 Å². The molecule has 0 unspecified atom stereocenters. The second-order valence-electron chi connectivity index (χ2n) is 3.83. The van der Waals surface area contributed by atoms with Crippen LogP contribution in [-0.4, -0.2) is 5.91 Å². The van der Waals surface area contributed by atoms with E-state index in [0.29, 0.717) is 16.6 Å². The summed E-state index contributed by atoms with van der Waals surface area (Å²) in [5.41, 5.74) is -0.335. The fourth-order valence-electron chi connectivity index (χ4n) is 1.50. The number of anilines is 1. The van der Waals surface area contributed by atoms with Crippen molar-refractivity contribution in [3.05, 3.63) is 63.6 Å². The van der Waals surface area contributed by atoms with Gasteiger partial charge < -0.3 is 5.32 Å². The first-order valence-corrected chi connectivity index (χ1v) is 6.08. The van der Waals surface area contributed by atoms with Gasteiger partial charge in [-0.25, -0.2) is 17.6 Å². The molecule has 2 nitrogen and oxygen atoms in total. The van der Waals surface area contributed by atoms with Gasteiger partial charge in [0.15, 0.2) is 17.5 Å². The van der Waals surface area contributed by atoms with Crippen molar-refractivity contribution in [1.82, 2.24) is 0 Å². The Morgan fingerprint density at radius 3 is 2.20 bits per heavy atom. The first-order valence-electron chi connectivity index (χ1n) is 5.29. The summed E-state index contributed by atoms with van der Waals surface area (Å²) in [6.07, 6.45) is 0. The van der Waals surface area contributed by atoms with E-state index in [4.69, 9.17) is 0 Å². The largest absolute Gasteiger partial charge is 0.322 e. The number of hydrogen-bond donors (Lipinski definition) is 1. The summed E-state index contributed by atoms with van der Waals surface area (Å²) in [7, 11) is 0. The average Bonchev–Trinajstić information content (AvgIpc) is 2.38. The van der Waals surface area contributed by atoms with Crippen LogP contribution in [0.25, 0.3) is 0 Å². The summed E-state index contributed by atoms with van der Waals surface area (Å²) in [6.45, 7) is 0. The minimum atomic E-state index is -1.63. The van der Waals surface area contributed by atoms with E-state index in [0.717, 1.165) is 12.1 Å². The van der Waals surface area contributed by atoms with Crippen LogP contribution in [0.2, 0.25) is 0 Å². The molecule has 0 aromatic heterocycles. The molecule has 0 radical (unpaired) electrons. The molecule has 104 valence electrons. The Labute approximate surface area is 119 Å². The first-order chi connectivity index (χ1) is 9.38. The third-order valence-corrected chi connectivity index (χ3v) is 3.11. The number of rotatable bonds is 2. The quantitative estimate of drug-likeness (QED) is 0.638. The Balaban J connectivity index is 2.30. The van der Waals surface area contributed by atoms with Crippen LogP contribution in [-0.2, 0) is 0 Å². The van der Waals surface area contributed by atoms with Gasteiger partial charge in [-0.2, -0.15) is 0 Å². The maximum atomic E-state index is 13.1. The van der Waals surface area contributed by atoms with Crippen molar-refractivity contribution in [1.29, 1.82) is 0 Å². The average molecular weight is 348 g/mol. The molecular weight excluding hydrogens is 342 g/mol. The van der Waals surface area contributed by atoms with Gasteiger partial charge in [-0.3, -0.25) is 4.79 Å². The molecule has 0 atom stereocenters. The molecule has 2 rings (SSSR count). The number of carbonyl (C=O) groups excluding carboxylic acids is 1. The smallest absolute Gasteiger partial charge is 0.256 e. The van der Waals surface area contributed by atoms with Crippen LogP contribution in [0.3, 0.4) is 0 Å². The monoisotopic (exact) mass is 347 g/mol. The highest BCUT2D eigenvalue weighted by Crippen LogP contribution is 2.21. The van der Waals surface area contributed by atoms with E-state index in [-0.39, 0.29) is 11.3 Å². The summed E-state index contributed by atoms with van der Waals surface area (Å²) >= 11 is 3.05. The maximum absolute atomic E-state index is 13.1. The Bertz CT molecular complexity index is 667. The predicted molar refractivity (Wildman–Crippen MR) is 68.4 cm³/mol. The van der Waals surface area contributed by atoms with Crippen LogP contribution in [0.1, 0.15) is 10.4 Å². The minimum Gasteiger partial charge on any atom is -0.322 e. The number of amides is 1. The Morgan fingerprint density at radius 2 is 1.60 bits per heavy atom.